The second-order valence-electron chi connectivity index (χ2n) is 8.23. The van der Waals surface area contributed by atoms with Crippen molar-refractivity contribution < 1.29 is 22.4 Å². The third kappa shape index (κ3) is 3.59. The summed E-state index contributed by atoms with van der Waals surface area (Å²) in [4.78, 5) is 27.7. The van der Waals surface area contributed by atoms with Gasteiger partial charge < -0.3 is 14.6 Å². The molecule has 7 nitrogen and oxygen atoms in total. The topological polar surface area (TPSA) is 84.2 Å². The minimum absolute atomic E-state index is 0.100. The first kappa shape index (κ1) is 20.5. The van der Waals surface area contributed by atoms with Gasteiger partial charge in [-0.2, -0.15) is 13.2 Å². The van der Waals surface area contributed by atoms with Gasteiger partial charge in [0.25, 0.3) is 5.91 Å². The van der Waals surface area contributed by atoms with Crippen molar-refractivity contribution in [2.75, 3.05) is 11.9 Å². The Morgan fingerprint density at radius 3 is 2.66 bits per heavy atom. The Balaban J connectivity index is 1.37. The predicted molar refractivity (Wildman–Crippen MR) is 109 cm³/mol. The minimum atomic E-state index is -4.43. The fraction of sp³-hybridized carbons (Fsp3) is 0.364. The summed E-state index contributed by atoms with van der Waals surface area (Å²) >= 11 is 0. The van der Waals surface area contributed by atoms with Crippen LogP contribution in [0.3, 0.4) is 0 Å². The van der Waals surface area contributed by atoms with E-state index in [1.165, 1.54) is 18.5 Å². The van der Waals surface area contributed by atoms with Crippen LogP contribution in [0.15, 0.2) is 47.5 Å². The lowest BCUT2D eigenvalue weighted by atomic mass is 10.0. The first-order chi connectivity index (χ1) is 15.3. The molecule has 2 bridgehead atoms. The van der Waals surface area contributed by atoms with E-state index < -0.39 is 11.7 Å². The van der Waals surface area contributed by atoms with Crippen molar-refractivity contribution in [1.82, 2.24) is 19.9 Å². The smallest absolute Gasteiger partial charge is 0.417 e. The third-order valence-corrected chi connectivity index (χ3v) is 6.17. The highest BCUT2D eigenvalue weighted by Gasteiger charge is 2.48. The zero-order valence-corrected chi connectivity index (χ0v) is 17.1. The maximum absolute atomic E-state index is 13.5. The summed E-state index contributed by atoms with van der Waals surface area (Å²) in [7, 11) is 0. The largest absolute Gasteiger partial charge is 0.444 e. The molecule has 1 saturated carbocycles. The number of hydrogen-bond acceptors (Lipinski definition) is 6. The van der Waals surface area contributed by atoms with Crippen LogP contribution in [-0.2, 0) is 6.18 Å². The van der Waals surface area contributed by atoms with E-state index in [2.05, 4.69) is 20.3 Å². The number of pyridine rings is 2. The number of halogens is 3. The standard InChI is InChI=1S/C22H20F3N5O2/c1-12-4-5-26-19(18(12)20-27-6-7-32-20)21(31)30-11-13-8-15(16(30)9-13)29-17-3-2-14(10-28-17)22(23,24)25/h2-7,10,13,15-16H,8-9,11H2,1H3,(H,28,29). The van der Waals surface area contributed by atoms with Crippen molar-refractivity contribution in [3.05, 3.63) is 59.9 Å². The molecule has 0 aromatic carbocycles. The molecular weight excluding hydrogens is 423 g/mol. The average molecular weight is 443 g/mol. The van der Waals surface area contributed by atoms with Crippen LogP contribution in [0.5, 0.6) is 0 Å². The van der Waals surface area contributed by atoms with E-state index >= 15 is 0 Å². The number of hydrogen-bond donors (Lipinski definition) is 1. The zero-order valence-electron chi connectivity index (χ0n) is 17.1. The molecule has 1 aliphatic carbocycles. The van der Waals surface area contributed by atoms with Crippen molar-refractivity contribution >= 4 is 11.7 Å². The lowest BCUT2D eigenvalue weighted by Crippen LogP contribution is -2.48. The number of fused-ring (bicyclic) bond motifs is 2. The number of nitrogens with zero attached hydrogens (tertiary/aromatic N) is 4. The number of aromatic nitrogens is 3. The van der Waals surface area contributed by atoms with Crippen molar-refractivity contribution in [2.45, 2.75) is 38.0 Å². The van der Waals surface area contributed by atoms with Crippen LogP contribution in [0.25, 0.3) is 11.5 Å². The van der Waals surface area contributed by atoms with Gasteiger partial charge in [-0.25, -0.2) is 9.97 Å². The molecule has 3 aromatic rings. The normalized spacial score (nSPS) is 22.4. The number of rotatable bonds is 4. The van der Waals surface area contributed by atoms with E-state index in [0.717, 1.165) is 30.7 Å². The maximum atomic E-state index is 13.5. The Hall–Kier alpha value is -3.43. The number of nitrogens with one attached hydrogen (secondary N) is 1. The highest BCUT2D eigenvalue weighted by atomic mass is 19.4. The minimum Gasteiger partial charge on any atom is -0.444 e. The Morgan fingerprint density at radius 1 is 1.16 bits per heavy atom. The number of likely N-dealkylation sites (tertiary alicyclic amines) is 1. The number of carbonyl (C=O) groups excluding carboxylic acids is 1. The predicted octanol–water partition coefficient (Wildman–Crippen LogP) is 4.17. The Labute approximate surface area is 181 Å². The van der Waals surface area contributed by atoms with E-state index in [-0.39, 0.29) is 23.7 Å². The summed E-state index contributed by atoms with van der Waals surface area (Å²) in [5, 5.41) is 3.22. The van der Waals surface area contributed by atoms with Crippen LogP contribution in [0, 0.1) is 12.8 Å². The number of carbonyl (C=O) groups is 1. The van der Waals surface area contributed by atoms with Crippen LogP contribution >= 0.6 is 0 Å². The quantitative estimate of drug-likeness (QED) is 0.652. The van der Waals surface area contributed by atoms with Crippen LogP contribution in [0.2, 0.25) is 0 Å². The number of alkyl halides is 3. The molecule has 4 heterocycles. The maximum Gasteiger partial charge on any atom is 0.417 e. The lowest BCUT2D eigenvalue weighted by Gasteiger charge is -2.34. The highest BCUT2D eigenvalue weighted by molar-refractivity contribution is 5.99. The molecule has 3 unspecified atom stereocenters. The summed E-state index contributed by atoms with van der Waals surface area (Å²) in [6.45, 7) is 2.48. The molecule has 3 aromatic heterocycles. The Kier molecular flexibility index (Phi) is 4.87. The van der Waals surface area contributed by atoms with Gasteiger partial charge in [-0.05, 0) is 49.4 Å². The number of piperidine rings is 1. The monoisotopic (exact) mass is 443 g/mol. The number of aryl methyl sites for hydroxylation is 1. The molecule has 5 rings (SSSR count). The van der Waals surface area contributed by atoms with E-state index in [0.29, 0.717) is 29.7 Å². The van der Waals surface area contributed by atoms with Crippen molar-refractivity contribution in [3.8, 4) is 11.5 Å². The van der Waals surface area contributed by atoms with E-state index in [1.54, 1.807) is 17.2 Å². The van der Waals surface area contributed by atoms with E-state index in [9.17, 15) is 18.0 Å². The molecule has 10 heteroatoms. The van der Waals surface area contributed by atoms with Gasteiger partial charge in [0.2, 0.25) is 5.89 Å². The molecule has 1 amide bonds. The van der Waals surface area contributed by atoms with Crippen molar-refractivity contribution in [3.63, 3.8) is 0 Å². The van der Waals surface area contributed by atoms with Crippen LogP contribution in [-0.4, -0.2) is 44.4 Å². The van der Waals surface area contributed by atoms with Crippen LogP contribution in [0.4, 0.5) is 19.0 Å². The van der Waals surface area contributed by atoms with Crippen LogP contribution < -0.4 is 5.32 Å². The fourth-order valence-corrected chi connectivity index (χ4v) is 4.72. The van der Waals surface area contributed by atoms with E-state index in [4.69, 9.17) is 4.42 Å². The van der Waals surface area contributed by atoms with Gasteiger partial charge in [-0.15, -0.1) is 0 Å². The van der Waals surface area contributed by atoms with Gasteiger partial charge in [0.1, 0.15) is 17.8 Å². The summed E-state index contributed by atoms with van der Waals surface area (Å²) in [5.74, 6) is 0.802. The molecule has 1 N–H and O–H groups in total. The summed E-state index contributed by atoms with van der Waals surface area (Å²) < 4.78 is 43.8. The first-order valence-electron chi connectivity index (χ1n) is 10.3. The first-order valence-corrected chi connectivity index (χ1v) is 10.3. The lowest BCUT2D eigenvalue weighted by molar-refractivity contribution is -0.137. The molecule has 3 atom stereocenters. The average Bonchev–Trinajstić information content (AvgIpc) is 3.50. The number of amides is 1. The number of anilines is 1. The fourth-order valence-electron chi connectivity index (χ4n) is 4.72. The van der Waals surface area contributed by atoms with E-state index in [1.807, 2.05) is 6.92 Å². The second kappa shape index (κ2) is 7.61. The van der Waals surface area contributed by atoms with Crippen molar-refractivity contribution in [2.24, 2.45) is 5.92 Å². The molecule has 1 aliphatic heterocycles. The summed E-state index contributed by atoms with van der Waals surface area (Å²) in [6, 6.07) is 3.93. The van der Waals surface area contributed by atoms with Crippen molar-refractivity contribution in [1.29, 1.82) is 0 Å². The van der Waals surface area contributed by atoms with Gasteiger partial charge in [0.15, 0.2) is 0 Å². The van der Waals surface area contributed by atoms with Gasteiger partial charge in [0.05, 0.1) is 23.4 Å². The third-order valence-electron chi connectivity index (χ3n) is 6.17. The van der Waals surface area contributed by atoms with Gasteiger partial charge in [0, 0.05) is 25.0 Å². The molecule has 0 spiro atoms. The summed E-state index contributed by atoms with van der Waals surface area (Å²) in [6.07, 6.45) is 2.59. The Morgan fingerprint density at radius 2 is 2.00 bits per heavy atom. The van der Waals surface area contributed by atoms with Gasteiger partial charge in [-0.3, -0.25) is 9.78 Å². The molecule has 2 fully saturated rings. The van der Waals surface area contributed by atoms with Crippen LogP contribution in [0.1, 0.15) is 34.5 Å². The molecule has 0 radical (unpaired) electrons. The zero-order chi connectivity index (χ0) is 22.5. The van der Waals surface area contributed by atoms with Gasteiger partial charge >= 0.3 is 6.18 Å². The molecule has 1 saturated heterocycles. The SMILES string of the molecule is Cc1ccnc(C(=O)N2CC3CC(Nc4ccc(C(F)(F)F)cn4)C2C3)c1-c1ncco1. The second-order valence-corrected chi connectivity index (χ2v) is 8.23. The molecule has 32 heavy (non-hydrogen) atoms. The number of oxazole rings is 1. The highest BCUT2D eigenvalue weighted by Crippen LogP contribution is 2.40. The van der Waals surface area contributed by atoms with Gasteiger partial charge in [-0.1, -0.05) is 0 Å². The molecule has 2 aliphatic rings. The Bertz CT molecular complexity index is 1130. The molecule has 166 valence electrons. The summed E-state index contributed by atoms with van der Waals surface area (Å²) in [5.41, 5.74) is 0.891. The molecular formula is C22H20F3N5O2.